The van der Waals surface area contributed by atoms with Gasteiger partial charge in [-0.15, -0.1) is 0 Å². The molecule has 0 heterocycles. The van der Waals surface area contributed by atoms with Crippen molar-refractivity contribution >= 4 is 17.7 Å². The van der Waals surface area contributed by atoms with E-state index in [4.69, 9.17) is 5.84 Å². The molecular formula is C14H22N2OS. The van der Waals surface area contributed by atoms with Crippen LogP contribution in [-0.4, -0.2) is 11.7 Å². The molecule has 0 aliphatic rings. The van der Waals surface area contributed by atoms with Crippen molar-refractivity contribution in [3.05, 3.63) is 35.4 Å². The number of nitrogens with two attached hydrogens (primary N) is 1. The van der Waals surface area contributed by atoms with E-state index >= 15 is 0 Å². The molecule has 1 amide bonds. The van der Waals surface area contributed by atoms with Gasteiger partial charge in [0.2, 0.25) is 5.91 Å². The molecule has 1 rings (SSSR count). The van der Waals surface area contributed by atoms with Crippen LogP contribution in [0.3, 0.4) is 0 Å². The molecule has 0 atom stereocenters. The predicted octanol–water partition coefficient (Wildman–Crippen LogP) is 2.64. The second-order valence-electron chi connectivity index (χ2n) is 4.27. The maximum atomic E-state index is 11.3. The largest absolute Gasteiger partial charge is 0.294 e. The van der Waals surface area contributed by atoms with Crippen LogP contribution in [0.15, 0.2) is 24.3 Å². The molecule has 0 saturated carbocycles. The first-order valence-electron chi connectivity index (χ1n) is 6.42. The Labute approximate surface area is 113 Å². The van der Waals surface area contributed by atoms with Gasteiger partial charge in [0, 0.05) is 5.75 Å². The van der Waals surface area contributed by atoms with Crippen molar-refractivity contribution in [3.8, 4) is 0 Å². The highest BCUT2D eigenvalue weighted by Gasteiger charge is 2.06. The van der Waals surface area contributed by atoms with E-state index in [1.807, 2.05) is 30.0 Å². The molecule has 0 aromatic heterocycles. The molecule has 4 heteroatoms. The molecule has 1 aromatic rings. The number of carbonyl (C=O) groups excluding carboxylic acids is 1. The van der Waals surface area contributed by atoms with Gasteiger partial charge in [-0.05, 0) is 23.3 Å². The van der Waals surface area contributed by atoms with Crippen molar-refractivity contribution in [3.63, 3.8) is 0 Å². The number of nitrogens with one attached hydrogen (secondary N) is 1. The standard InChI is InChI=1S/C14H22N2OS/c1-2-3-6-9-18-11-13-8-5-4-7-12(13)10-14(17)16-15/h4-5,7-8H,2-3,6,9-11,15H2,1H3,(H,16,17). The van der Waals surface area contributed by atoms with E-state index in [0.717, 1.165) is 11.3 Å². The quantitative estimate of drug-likeness (QED) is 0.329. The first-order chi connectivity index (χ1) is 8.77. The van der Waals surface area contributed by atoms with E-state index < -0.39 is 0 Å². The molecule has 0 radical (unpaired) electrons. The van der Waals surface area contributed by atoms with Crippen LogP contribution in [-0.2, 0) is 17.0 Å². The molecule has 0 aliphatic heterocycles. The summed E-state index contributed by atoms with van der Waals surface area (Å²) in [7, 11) is 0. The van der Waals surface area contributed by atoms with Crippen LogP contribution in [0.5, 0.6) is 0 Å². The second kappa shape index (κ2) is 9.00. The number of unbranched alkanes of at least 4 members (excludes halogenated alkanes) is 2. The van der Waals surface area contributed by atoms with Crippen LogP contribution in [0.1, 0.15) is 37.3 Å². The fraction of sp³-hybridized carbons (Fsp3) is 0.500. The Kier molecular flexibility index (Phi) is 7.53. The van der Waals surface area contributed by atoms with Gasteiger partial charge >= 0.3 is 0 Å². The number of amides is 1. The van der Waals surface area contributed by atoms with E-state index in [1.54, 1.807) is 0 Å². The smallest absolute Gasteiger partial charge is 0.238 e. The maximum Gasteiger partial charge on any atom is 0.238 e. The number of hydrogen-bond donors (Lipinski definition) is 2. The van der Waals surface area contributed by atoms with Crippen molar-refractivity contribution in [2.24, 2.45) is 5.84 Å². The average Bonchev–Trinajstić information content (AvgIpc) is 2.40. The van der Waals surface area contributed by atoms with Gasteiger partial charge in [0.15, 0.2) is 0 Å². The van der Waals surface area contributed by atoms with E-state index in [1.165, 1.54) is 30.6 Å². The van der Waals surface area contributed by atoms with E-state index in [2.05, 4.69) is 18.4 Å². The molecule has 0 spiro atoms. The number of hydrazine groups is 1. The molecule has 1 aromatic carbocycles. The number of benzene rings is 1. The molecule has 0 unspecified atom stereocenters. The number of rotatable bonds is 8. The van der Waals surface area contributed by atoms with Crippen LogP contribution >= 0.6 is 11.8 Å². The molecule has 0 bridgehead atoms. The summed E-state index contributed by atoms with van der Waals surface area (Å²) in [4.78, 5) is 11.3. The lowest BCUT2D eigenvalue weighted by Crippen LogP contribution is -2.31. The zero-order valence-electron chi connectivity index (χ0n) is 10.9. The lowest BCUT2D eigenvalue weighted by molar-refractivity contribution is -0.120. The fourth-order valence-corrected chi connectivity index (χ4v) is 2.79. The van der Waals surface area contributed by atoms with Gasteiger partial charge in [-0.25, -0.2) is 5.84 Å². The first kappa shape index (κ1) is 15.1. The Hall–Kier alpha value is -1.00. The Morgan fingerprint density at radius 3 is 2.67 bits per heavy atom. The van der Waals surface area contributed by atoms with Gasteiger partial charge in [0.05, 0.1) is 6.42 Å². The highest BCUT2D eigenvalue weighted by molar-refractivity contribution is 7.98. The molecule has 0 saturated heterocycles. The van der Waals surface area contributed by atoms with Gasteiger partial charge in [-0.1, -0.05) is 44.0 Å². The third-order valence-electron chi connectivity index (χ3n) is 2.78. The summed E-state index contributed by atoms with van der Waals surface area (Å²) in [6, 6.07) is 8.07. The van der Waals surface area contributed by atoms with E-state index in [-0.39, 0.29) is 5.91 Å². The van der Waals surface area contributed by atoms with Gasteiger partial charge in [0.1, 0.15) is 0 Å². The second-order valence-corrected chi connectivity index (χ2v) is 5.38. The van der Waals surface area contributed by atoms with Crippen LogP contribution in [0.4, 0.5) is 0 Å². The lowest BCUT2D eigenvalue weighted by atomic mass is 10.1. The number of thioether (sulfide) groups is 1. The number of hydrogen-bond acceptors (Lipinski definition) is 3. The fourth-order valence-electron chi connectivity index (χ4n) is 1.73. The van der Waals surface area contributed by atoms with Crippen LogP contribution < -0.4 is 11.3 Å². The summed E-state index contributed by atoms with van der Waals surface area (Å²) in [5, 5.41) is 0. The zero-order chi connectivity index (χ0) is 13.2. The van der Waals surface area contributed by atoms with E-state index in [9.17, 15) is 4.79 Å². The van der Waals surface area contributed by atoms with Gasteiger partial charge in [-0.3, -0.25) is 10.2 Å². The predicted molar refractivity (Wildman–Crippen MR) is 78.2 cm³/mol. The molecule has 100 valence electrons. The molecule has 18 heavy (non-hydrogen) atoms. The summed E-state index contributed by atoms with van der Waals surface area (Å²) in [5.41, 5.74) is 4.49. The summed E-state index contributed by atoms with van der Waals surface area (Å²) in [6.07, 6.45) is 4.19. The lowest BCUT2D eigenvalue weighted by Gasteiger charge is -2.08. The van der Waals surface area contributed by atoms with Crippen LogP contribution in [0.2, 0.25) is 0 Å². The van der Waals surface area contributed by atoms with E-state index in [0.29, 0.717) is 6.42 Å². The minimum absolute atomic E-state index is 0.140. The highest BCUT2D eigenvalue weighted by atomic mass is 32.2. The summed E-state index contributed by atoms with van der Waals surface area (Å²) in [6.45, 7) is 2.21. The third-order valence-corrected chi connectivity index (χ3v) is 3.87. The monoisotopic (exact) mass is 266 g/mol. The van der Waals surface area contributed by atoms with Crippen LogP contribution in [0.25, 0.3) is 0 Å². The SMILES string of the molecule is CCCCCSCc1ccccc1CC(=O)NN. The van der Waals surface area contributed by atoms with Crippen molar-refractivity contribution in [1.82, 2.24) is 5.43 Å². The van der Waals surface area contributed by atoms with Crippen molar-refractivity contribution in [2.45, 2.75) is 38.4 Å². The van der Waals surface area contributed by atoms with Crippen molar-refractivity contribution < 1.29 is 4.79 Å². The van der Waals surface area contributed by atoms with Gasteiger partial charge < -0.3 is 0 Å². The summed E-state index contributed by atoms with van der Waals surface area (Å²) < 4.78 is 0. The first-order valence-corrected chi connectivity index (χ1v) is 7.57. The topological polar surface area (TPSA) is 55.1 Å². The van der Waals surface area contributed by atoms with Crippen molar-refractivity contribution in [1.29, 1.82) is 0 Å². The normalized spacial score (nSPS) is 10.3. The highest BCUT2D eigenvalue weighted by Crippen LogP contribution is 2.18. The minimum atomic E-state index is -0.140. The molecular weight excluding hydrogens is 244 g/mol. The number of carbonyl (C=O) groups is 1. The summed E-state index contributed by atoms with van der Waals surface area (Å²) >= 11 is 1.93. The zero-order valence-corrected chi connectivity index (χ0v) is 11.8. The molecule has 0 fully saturated rings. The Balaban J connectivity index is 2.46. The van der Waals surface area contributed by atoms with Gasteiger partial charge in [0.25, 0.3) is 0 Å². The average molecular weight is 266 g/mol. The third kappa shape index (κ3) is 5.56. The van der Waals surface area contributed by atoms with Crippen LogP contribution in [0, 0.1) is 0 Å². The minimum Gasteiger partial charge on any atom is -0.294 e. The summed E-state index contributed by atoms with van der Waals surface area (Å²) in [5.74, 6) is 7.14. The Morgan fingerprint density at radius 1 is 1.28 bits per heavy atom. The maximum absolute atomic E-state index is 11.3. The Morgan fingerprint density at radius 2 is 2.00 bits per heavy atom. The molecule has 3 N–H and O–H groups in total. The Bertz CT molecular complexity index is 369. The van der Waals surface area contributed by atoms with Crippen molar-refractivity contribution in [2.75, 3.05) is 5.75 Å². The van der Waals surface area contributed by atoms with Gasteiger partial charge in [-0.2, -0.15) is 11.8 Å². The molecule has 0 aliphatic carbocycles. The molecule has 3 nitrogen and oxygen atoms in total.